The Balaban J connectivity index is 1.68. The van der Waals surface area contributed by atoms with Crippen LogP contribution in [-0.4, -0.2) is 27.4 Å². The van der Waals surface area contributed by atoms with Crippen molar-refractivity contribution in [3.63, 3.8) is 0 Å². The molecule has 0 atom stereocenters. The monoisotopic (exact) mass is 430 g/mol. The van der Waals surface area contributed by atoms with Crippen molar-refractivity contribution in [2.24, 2.45) is 11.1 Å². The normalized spacial score (nSPS) is 18.5. The number of hydrogen-bond acceptors (Lipinski definition) is 4. The van der Waals surface area contributed by atoms with Gasteiger partial charge in [0.1, 0.15) is 0 Å². The van der Waals surface area contributed by atoms with Crippen molar-refractivity contribution in [1.82, 2.24) is 9.55 Å². The third-order valence-electron chi connectivity index (χ3n) is 6.93. The summed E-state index contributed by atoms with van der Waals surface area (Å²) in [5, 5.41) is 4.61. The van der Waals surface area contributed by atoms with Crippen molar-refractivity contribution in [3.05, 3.63) is 47.9 Å². The Morgan fingerprint density at radius 2 is 1.94 bits per heavy atom. The molecule has 1 aliphatic heterocycles. The summed E-state index contributed by atoms with van der Waals surface area (Å²) in [4.78, 5) is 29.5. The topological polar surface area (TPSA) is 90.0 Å². The molecule has 1 amide bonds. The van der Waals surface area contributed by atoms with E-state index < -0.39 is 5.91 Å². The summed E-state index contributed by atoms with van der Waals surface area (Å²) < 4.78 is 1.85. The van der Waals surface area contributed by atoms with Crippen molar-refractivity contribution in [2.45, 2.75) is 64.8 Å². The summed E-state index contributed by atoms with van der Waals surface area (Å²) in [5.41, 5.74) is 10.8. The molecule has 0 radical (unpaired) electrons. The van der Waals surface area contributed by atoms with Gasteiger partial charge >= 0.3 is 0 Å². The molecule has 1 fully saturated rings. The zero-order valence-corrected chi connectivity index (χ0v) is 18.8. The van der Waals surface area contributed by atoms with Crippen molar-refractivity contribution >= 4 is 28.4 Å². The predicted molar refractivity (Wildman–Crippen MR) is 127 cm³/mol. The fourth-order valence-corrected chi connectivity index (χ4v) is 5.47. The first-order chi connectivity index (χ1) is 15.3. The lowest BCUT2D eigenvalue weighted by Crippen LogP contribution is -2.31. The highest BCUT2D eigenvalue weighted by molar-refractivity contribution is 6.06. The molecular formula is C26H30N4O2. The number of nitrogens with zero attached hydrogens (tertiary/aromatic N) is 2. The minimum absolute atomic E-state index is 0.106. The molecule has 32 heavy (non-hydrogen) atoms. The lowest BCUT2D eigenvalue weighted by molar-refractivity contribution is 0.0816. The summed E-state index contributed by atoms with van der Waals surface area (Å²) in [6.07, 6.45) is 10.7. The minimum atomic E-state index is -0.431. The maximum Gasteiger partial charge on any atom is 0.250 e. The van der Waals surface area contributed by atoms with Crippen molar-refractivity contribution in [2.75, 3.05) is 5.32 Å². The number of pyridine rings is 1. The van der Waals surface area contributed by atoms with Crippen LogP contribution in [0.1, 0.15) is 73.2 Å². The van der Waals surface area contributed by atoms with Crippen molar-refractivity contribution in [3.8, 4) is 11.1 Å². The molecule has 6 nitrogen and oxygen atoms in total. The summed E-state index contributed by atoms with van der Waals surface area (Å²) in [6.45, 7) is 4.28. The highest BCUT2D eigenvalue weighted by atomic mass is 16.2. The Labute approximate surface area is 188 Å². The van der Waals surface area contributed by atoms with E-state index in [1.165, 1.54) is 19.3 Å². The van der Waals surface area contributed by atoms with Gasteiger partial charge in [-0.05, 0) is 48.4 Å². The molecule has 1 aliphatic carbocycles. The van der Waals surface area contributed by atoms with Gasteiger partial charge in [0.15, 0.2) is 0 Å². The molecule has 0 bridgehead atoms. The van der Waals surface area contributed by atoms with Gasteiger partial charge in [-0.25, -0.2) is 0 Å². The Morgan fingerprint density at radius 3 is 2.69 bits per heavy atom. The van der Waals surface area contributed by atoms with Gasteiger partial charge in [0.2, 0.25) is 5.91 Å². The van der Waals surface area contributed by atoms with Crippen LogP contribution in [-0.2, 0) is 6.42 Å². The number of carbonyl (C=O) groups is 2. The van der Waals surface area contributed by atoms with Crippen LogP contribution in [0.3, 0.4) is 0 Å². The summed E-state index contributed by atoms with van der Waals surface area (Å²) in [6, 6.07) is 8.13. The highest BCUT2D eigenvalue weighted by Crippen LogP contribution is 2.43. The largest absolute Gasteiger partial charge is 0.382 e. The number of nitrogens with one attached hydrogen (secondary N) is 1. The number of primary amides is 1. The Hall–Kier alpha value is -3.15. The summed E-state index contributed by atoms with van der Waals surface area (Å²) in [5.74, 6) is -0.325. The molecule has 0 spiro atoms. The summed E-state index contributed by atoms with van der Waals surface area (Å²) in [7, 11) is 0. The zero-order chi connectivity index (χ0) is 22.5. The average Bonchev–Trinajstić information content (AvgIpc) is 3.07. The lowest BCUT2D eigenvalue weighted by atomic mass is 9.80. The fraction of sp³-hybridized carbons (Fsp3) is 0.423. The Morgan fingerprint density at radius 1 is 1.16 bits per heavy atom. The van der Waals surface area contributed by atoms with E-state index in [0.29, 0.717) is 18.0 Å². The molecule has 0 unspecified atom stereocenters. The molecule has 3 N–H and O–H groups in total. The van der Waals surface area contributed by atoms with Crippen molar-refractivity contribution < 1.29 is 9.59 Å². The van der Waals surface area contributed by atoms with Crippen molar-refractivity contribution in [1.29, 1.82) is 0 Å². The minimum Gasteiger partial charge on any atom is -0.382 e. The third-order valence-corrected chi connectivity index (χ3v) is 6.93. The molecule has 0 saturated heterocycles. The van der Waals surface area contributed by atoms with E-state index in [-0.39, 0.29) is 11.3 Å². The maximum atomic E-state index is 13.1. The van der Waals surface area contributed by atoms with Crippen LogP contribution in [0.15, 0.2) is 36.7 Å². The standard InChI is InChI=1S/C26H30N4O2/c1-26(2)13-21-24(19-10-11-28-15-22(19)30(21)23(31)14-26)16-8-9-18(25(27)32)20(12-16)29-17-6-4-3-5-7-17/h8-12,15,17,29H,3-7,13-14H2,1-2H3,(H2,27,32). The first-order valence-electron chi connectivity index (χ1n) is 11.6. The van der Waals surface area contributed by atoms with Gasteiger partial charge in [-0.1, -0.05) is 39.2 Å². The van der Waals surface area contributed by atoms with Gasteiger partial charge in [0.25, 0.3) is 5.91 Å². The first-order valence-corrected chi connectivity index (χ1v) is 11.6. The van der Waals surface area contributed by atoms with E-state index >= 15 is 0 Å². The molecule has 1 aromatic carbocycles. The van der Waals surface area contributed by atoms with Crippen LogP contribution in [0.2, 0.25) is 0 Å². The van der Waals surface area contributed by atoms with Crippen LogP contribution >= 0.6 is 0 Å². The number of nitrogens with two attached hydrogens (primary N) is 1. The maximum absolute atomic E-state index is 13.1. The van der Waals surface area contributed by atoms with Gasteiger partial charge in [-0.3, -0.25) is 19.1 Å². The van der Waals surface area contributed by atoms with Gasteiger partial charge in [-0.2, -0.15) is 0 Å². The molecular weight excluding hydrogens is 400 g/mol. The second-order valence-electron chi connectivity index (χ2n) is 10.1. The average molecular weight is 431 g/mol. The van der Waals surface area contributed by atoms with Crippen LogP contribution in [0.5, 0.6) is 0 Å². The van der Waals surface area contributed by atoms with E-state index in [0.717, 1.165) is 52.7 Å². The van der Waals surface area contributed by atoms with Gasteiger partial charge < -0.3 is 11.1 Å². The van der Waals surface area contributed by atoms with Crippen LogP contribution in [0, 0.1) is 5.41 Å². The van der Waals surface area contributed by atoms with Gasteiger partial charge in [0.05, 0.1) is 17.3 Å². The second kappa shape index (κ2) is 7.76. The van der Waals surface area contributed by atoms with E-state index in [2.05, 4.69) is 24.1 Å². The molecule has 3 heterocycles. The summed E-state index contributed by atoms with van der Waals surface area (Å²) >= 11 is 0. The number of amides is 1. The quantitative estimate of drug-likeness (QED) is 0.598. The zero-order valence-electron chi connectivity index (χ0n) is 18.8. The van der Waals surface area contributed by atoms with E-state index in [4.69, 9.17) is 5.73 Å². The molecule has 6 heteroatoms. The number of carbonyl (C=O) groups excluding carboxylic acids is 2. The van der Waals surface area contributed by atoms with Crippen LogP contribution in [0.4, 0.5) is 5.69 Å². The second-order valence-corrected chi connectivity index (χ2v) is 10.1. The number of anilines is 1. The van der Waals surface area contributed by atoms with Crippen LogP contribution < -0.4 is 11.1 Å². The Bertz CT molecular complexity index is 1220. The third kappa shape index (κ3) is 3.57. The molecule has 2 aliphatic rings. The molecule has 3 aromatic rings. The smallest absolute Gasteiger partial charge is 0.250 e. The van der Waals surface area contributed by atoms with E-state index in [1.54, 1.807) is 12.4 Å². The number of benzene rings is 1. The molecule has 2 aromatic heterocycles. The highest BCUT2D eigenvalue weighted by Gasteiger charge is 2.35. The molecule has 1 saturated carbocycles. The first kappa shape index (κ1) is 20.7. The lowest BCUT2D eigenvalue weighted by Gasteiger charge is -2.30. The SMILES string of the molecule is CC1(C)CC(=O)n2c(c(-c3ccc(C(N)=O)c(NC4CCCCC4)c3)c3ccncc32)C1. The van der Waals surface area contributed by atoms with Gasteiger partial charge in [0, 0.05) is 41.0 Å². The number of rotatable bonds is 4. The molecule has 166 valence electrons. The van der Waals surface area contributed by atoms with Gasteiger partial charge in [-0.15, -0.1) is 0 Å². The Kier molecular flexibility index (Phi) is 5.03. The van der Waals surface area contributed by atoms with E-state index in [9.17, 15) is 9.59 Å². The number of aromatic nitrogens is 2. The van der Waals surface area contributed by atoms with Crippen LogP contribution in [0.25, 0.3) is 22.0 Å². The number of hydrogen-bond donors (Lipinski definition) is 2. The fourth-order valence-electron chi connectivity index (χ4n) is 5.47. The predicted octanol–water partition coefficient (Wildman–Crippen LogP) is 5.16. The molecule has 5 rings (SSSR count). The number of fused-ring (bicyclic) bond motifs is 3. The van der Waals surface area contributed by atoms with E-state index in [1.807, 2.05) is 28.8 Å².